The number of nitrogens with zero attached hydrogens (tertiary/aromatic N) is 3. The van der Waals surface area contributed by atoms with Gasteiger partial charge in [-0.25, -0.2) is 4.79 Å². The van der Waals surface area contributed by atoms with Gasteiger partial charge in [0.2, 0.25) is 0 Å². The van der Waals surface area contributed by atoms with Gasteiger partial charge in [-0.15, -0.1) is 0 Å². The molecule has 0 atom stereocenters. The lowest BCUT2D eigenvalue weighted by molar-refractivity contribution is 0.144. The van der Waals surface area contributed by atoms with Gasteiger partial charge in [-0.05, 0) is 54.9 Å². The lowest BCUT2D eigenvalue weighted by Crippen LogP contribution is -2.50. The van der Waals surface area contributed by atoms with Crippen LogP contribution in [0.15, 0.2) is 66.9 Å². The van der Waals surface area contributed by atoms with Crippen molar-refractivity contribution in [2.45, 2.75) is 37.6 Å². The summed E-state index contributed by atoms with van der Waals surface area (Å²) in [6, 6.07) is 20.9. The molecule has 0 bridgehead atoms. The molecule has 6 rings (SSSR count). The van der Waals surface area contributed by atoms with E-state index >= 15 is 0 Å². The third-order valence-corrected chi connectivity index (χ3v) is 7.35. The summed E-state index contributed by atoms with van der Waals surface area (Å²) in [6.45, 7) is 0. The van der Waals surface area contributed by atoms with E-state index in [1.807, 2.05) is 24.0 Å². The molecule has 2 aliphatic rings. The first-order valence-corrected chi connectivity index (χ1v) is 11.8. The molecular weight excluding hydrogens is 424 g/mol. The Balaban J connectivity index is 1.48. The van der Waals surface area contributed by atoms with E-state index in [-0.39, 0.29) is 0 Å². The summed E-state index contributed by atoms with van der Waals surface area (Å²) in [5.41, 5.74) is 9.41. The highest BCUT2D eigenvalue weighted by Crippen LogP contribution is 2.43. The van der Waals surface area contributed by atoms with Gasteiger partial charge in [0.05, 0.1) is 28.8 Å². The van der Waals surface area contributed by atoms with Crippen molar-refractivity contribution >= 4 is 6.09 Å². The molecule has 1 saturated carbocycles. The van der Waals surface area contributed by atoms with E-state index in [0.717, 1.165) is 77.0 Å². The molecule has 0 unspecified atom stereocenters. The summed E-state index contributed by atoms with van der Waals surface area (Å²) >= 11 is 0. The Labute approximate surface area is 198 Å². The molecule has 0 aliphatic heterocycles. The maximum absolute atomic E-state index is 11.4. The van der Waals surface area contributed by atoms with Crippen molar-refractivity contribution in [1.29, 1.82) is 0 Å². The van der Waals surface area contributed by atoms with Crippen molar-refractivity contribution < 1.29 is 9.90 Å². The summed E-state index contributed by atoms with van der Waals surface area (Å²) in [6.07, 6.45) is 5.52. The van der Waals surface area contributed by atoms with Crippen LogP contribution >= 0.6 is 0 Å². The van der Waals surface area contributed by atoms with Crippen LogP contribution in [0.3, 0.4) is 0 Å². The van der Waals surface area contributed by atoms with Gasteiger partial charge in [0, 0.05) is 23.7 Å². The molecule has 0 saturated heterocycles. The Morgan fingerprint density at radius 3 is 2.44 bits per heavy atom. The van der Waals surface area contributed by atoms with Crippen LogP contribution in [0.25, 0.3) is 33.6 Å². The predicted octanol–water partition coefficient (Wildman–Crippen LogP) is 5.56. The molecule has 170 valence electrons. The van der Waals surface area contributed by atoms with E-state index < -0.39 is 11.6 Å². The number of amides is 1. The fraction of sp³-hybridized carbons (Fsp3) is 0.250. The molecule has 1 fully saturated rings. The first-order valence-electron chi connectivity index (χ1n) is 11.8. The van der Waals surface area contributed by atoms with Crippen LogP contribution in [0, 0.1) is 0 Å². The van der Waals surface area contributed by atoms with Gasteiger partial charge in [-0.2, -0.15) is 5.10 Å². The van der Waals surface area contributed by atoms with Gasteiger partial charge in [0.25, 0.3) is 0 Å². The number of carbonyl (C=O) groups is 1. The Morgan fingerprint density at radius 2 is 1.76 bits per heavy atom. The van der Waals surface area contributed by atoms with Gasteiger partial charge < -0.3 is 10.4 Å². The van der Waals surface area contributed by atoms with Crippen LogP contribution < -0.4 is 5.32 Å². The zero-order chi connectivity index (χ0) is 23.3. The molecule has 6 heteroatoms. The molecule has 2 aromatic heterocycles. The Bertz CT molecular complexity index is 1390. The van der Waals surface area contributed by atoms with Crippen molar-refractivity contribution in [3.05, 3.63) is 83.7 Å². The average molecular weight is 451 g/mol. The molecular formula is C28H26N4O2. The van der Waals surface area contributed by atoms with Crippen LogP contribution in [0.5, 0.6) is 0 Å². The fourth-order valence-electron chi connectivity index (χ4n) is 5.44. The van der Waals surface area contributed by atoms with Crippen LogP contribution in [-0.4, -0.2) is 26.0 Å². The molecule has 4 aromatic rings. The van der Waals surface area contributed by atoms with Crippen molar-refractivity contribution in [3.8, 4) is 33.6 Å². The first-order chi connectivity index (χ1) is 16.5. The third-order valence-electron chi connectivity index (χ3n) is 7.35. The van der Waals surface area contributed by atoms with Crippen molar-refractivity contribution in [2.75, 3.05) is 0 Å². The topological polar surface area (TPSA) is 80.0 Å². The number of benzene rings is 2. The second-order valence-electron chi connectivity index (χ2n) is 9.33. The number of carboxylic acid groups (broad SMARTS) is 1. The van der Waals surface area contributed by atoms with Gasteiger partial charge >= 0.3 is 6.09 Å². The fourth-order valence-corrected chi connectivity index (χ4v) is 5.44. The Hall–Kier alpha value is -3.93. The largest absolute Gasteiger partial charge is 0.465 e. The first kappa shape index (κ1) is 20.7. The molecule has 2 aliphatic carbocycles. The number of hydrogen-bond acceptors (Lipinski definition) is 3. The van der Waals surface area contributed by atoms with Crippen LogP contribution in [0.1, 0.15) is 36.1 Å². The maximum Gasteiger partial charge on any atom is 0.405 e. The standard InChI is InChI=1S/C28H26N4O2/c1-32-26-20(17-29-32)10-13-24-23(26)16-22(18-6-3-2-4-7-18)25(30-24)19-8-11-21(12-9-19)28(14-5-15-28)31-27(33)34/h2-4,6-9,11-12,16-17,31H,5,10,13-15H2,1H3,(H,33,34). The van der Waals surface area contributed by atoms with E-state index in [1.165, 1.54) is 5.56 Å². The summed E-state index contributed by atoms with van der Waals surface area (Å²) in [5.74, 6) is 0. The number of aryl methyl sites for hydroxylation is 3. The highest BCUT2D eigenvalue weighted by molar-refractivity contribution is 5.86. The smallest absolute Gasteiger partial charge is 0.405 e. The minimum atomic E-state index is -0.971. The quantitative estimate of drug-likeness (QED) is 0.426. The molecule has 0 spiro atoms. The number of hydrogen-bond donors (Lipinski definition) is 2. The molecule has 2 heterocycles. The summed E-state index contributed by atoms with van der Waals surface area (Å²) < 4.78 is 1.95. The van der Waals surface area contributed by atoms with Crippen LogP contribution in [0.4, 0.5) is 4.79 Å². The molecule has 0 radical (unpaired) electrons. The molecule has 6 nitrogen and oxygen atoms in total. The number of rotatable bonds is 4. The van der Waals surface area contributed by atoms with Gasteiger partial charge in [-0.1, -0.05) is 54.6 Å². The summed E-state index contributed by atoms with van der Waals surface area (Å²) in [5, 5.41) is 16.6. The molecule has 2 N–H and O–H groups in total. The van der Waals surface area contributed by atoms with E-state index in [1.54, 1.807) is 0 Å². The van der Waals surface area contributed by atoms with Crippen LogP contribution in [0.2, 0.25) is 0 Å². The molecule has 1 amide bonds. The normalized spacial score (nSPS) is 15.7. The number of pyridine rings is 1. The monoisotopic (exact) mass is 450 g/mol. The van der Waals surface area contributed by atoms with E-state index in [0.29, 0.717) is 0 Å². The van der Waals surface area contributed by atoms with E-state index in [9.17, 15) is 9.90 Å². The molecule has 34 heavy (non-hydrogen) atoms. The van der Waals surface area contributed by atoms with Gasteiger partial charge in [-0.3, -0.25) is 9.67 Å². The van der Waals surface area contributed by atoms with Crippen molar-refractivity contribution in [2.24, 2.45) is 7.05 Å². The third kappa shape index (κ3) is 3.29. The highest BCUT2D eigenvalue weighted by Gasteiger charge is 2.40. The number of fused-ring (bicyclic) bond motifs is 3. The minimum Gasteiger partial charge on any atom is -0.465 e. The summed E-state index contributed by atoms with van der Waals surface area (Å²) in [4.78, 5) is 16.6. The van der Waals surface area contributed by atoms with E-state index in [4.69, 9.17) is 4.98 Å². The second-order valence-corrected chi connectivity index (χ2v) is 9.33. The Morgan fingerprint density at radius 1 is 1.00 bits per heavy atom. The number of nitrogens with one attached hydrogen (secondary N) is 1. The SMILES string of the molecule is Cn1ncc2c1-c1cc(-c3ccccc3)c(-c3ccc(C4(NC(=O)O)CCC4)cc3)nc1CC2. The molecule has 2 aromatic carbocycles. The minimum absolute atomic E-state index is 0.466. The number of aromatic nitrogens is 3. The zero-order valence-corrected chi connectivity index (χ0v) is 19.1. The summed E-state index contributed by atoms with van der Waals surface area (Å²) in [7, 11) is 1.99. The highest BCUT2D eigenvalue weighted by atomic mass is 16.4. The maximum atomic E-state index is 11.4. The second kappa shape index (κ2) is 7.83. The van der Waals surface area contributed by atoms with Crippen molar-refractivity contribution in [1.82, 2.24) is 20.1 Å². The zero-order valence-electron chi connectivity index (χ0n) is 19.1. The lowest BCUT2D eigenvalue weighted by Gasteiger charge is -2.42. The van der Waals surface area contributed by atoms with Gasteiger partial charge in [0.15, 0.2) is 0 Å². The Kier molecular flexibility index (Phi) is 4.76. The van der Waals surface area contributed by atoms with Crippen molar-refractivity contribution in [3.63, 3.8) is 0 Å². The van der Waals surface area contributed by atoms with Gasteiger partial charge in [0.1, 0.15) is 0 Å². The average Bonchev–Trinajstić information content (AvgIpc) is 3.22. The van der Waals surface area contributed by atoms with E-state index in [2.05, 4.69) is 65.0 Å². The predicted molar refractivity (Wildman–Crippen MR) is 131 cm³/mol. The lowest BCUT2D eigenvalue weighted by atomic mass is 9.71. The van der Waals surface area contributed by atoms with Crippen LogP contribution in [-0.2, 0) is 25.4 Å².